The van der Waals surface area contributed by atoms with E-state index in [2.05, 4.69) is 10.6 Å². The van der Waals surface area contributed by atoms with Gasteiger partial charge in [-0.25, -0.2) is 4.79 Å². The fourth-order valence-corrected chi connectivity index (χ4v) is 2.04. The van der Waals surface area contributed by atoms with Crippen LogP contribution in [0.3, 0.4) is 0 Å². The smallest absolute Gasteiger partial charge is 0.321 e. The molecule has 3 amide bonds. The van der Waals surface area contributed by atoms with Crippen molar-refractivity contribution in [3.8, 4) is 0 Å². The van der Waals surface area contributed by atoms with Crippen molar-refractivity contribution < 1.29 is 19.1 Å². The molecule has 0 unspecified atom stereocenters. The average Bonchev–Trinajstić information content (AvgIpc) is 2.53. The minimum Gasteiger partial charge on any atom is -0.456 e. The summed E-state index contributed by atoms with van der Waals surface area (Å²) < 4.78 is 4.91. The van der Waals surface area contributed by atoms with Gasteiger partial charge in [-0.1, -0.05) is 51.1 Å². The summed E-state index contributed by atoms with van der Waals surface area (Å²) in [6.07, 6.45) is 1.01. The molecule has 0 bridgehead atoms. The van der Waals surface area contributed by atoms with Gasteiger partial charge in [0, 0.05) is 6.54 Å². The third kappa shape index (κ3) is 8.31. The quantitative estimate of drug-likeness (QED) is 0.716. The highest BCUT2D eigenvalue weighted by Crippen LogP contribution is 2.18. The summed E-state index contributed by atoms with van der Waals surface area (Å²) in [6, 6.07) is 9.02. The lowest BCUT2D eigenvalue weighted by Crippen LogP contribution is -2.42. The first-order valence-corrected chi connectivity index (χ1v) is 8.16. The number of hydrogen-bond donors (Lipinski definition) is 2. The molecule has 24 heavy (non-hydrogen) atoms. The van der Waals surface area contributed by atoms with Crippen LogP contribution in [0.25, 0.3) is 0 Å². The molecule has 1 atom stereocenters. The number of imide groups is 1. The topological polar surface area (TPSA) is 84.5 Å². The van der Waals surface area contributed by atoms with Gasteiger partial charge < -0.3 is 10.1 Å². The van der Waals surface area contributed by atoms with Crippen molar-refractivity contribution in [1.29, 1.82) is 0 Å². The molecule has 0 radical (unpaired) electrons. The molecule has 0 aliphatic carbocycles. The number of carbonyl (C=O) groups is 3. The molecule has 0 aromatic heterocycles. The van der Waals surface area contributed by atoms with Crippen LogP contribution in [0, 0.1) is 5.92 Å². The van der Waals surface area contributed by atoms with E-state index in [1.165, 1.54) is 0 Å². The molecule has 0 spiro atoms. The maximum Gasteiger partial charge on any atom is 0.321 e. The van der Waals surface area contributed by atoms with Crippen molar-refractivity contribution in [3.05, 3.63) is 35.9 Å². The molecule has 0 saturated carbocycles. The molecule has 132 valence electrons. The molecule has 1 aromatic rings. The Hall–Kier alpha value is -2.37. The zero-order valence-corrected chi connectivity index (χ0v) is 14.5. The zero-order valence-electron chi connectivity index (χ0n) is 14.5. The third-order valence-corrected chi connectivity index (χ3v) is 3.47. The monoisotopic (exact) mass is 334 g/mol. The minimum absolute atomic E-state index is 0.00101. The normalized spacial score (nSPS) is 11.7. The summed E-state index contributed by atoms with van der Waals surface area (Å²) in [4.78, 5) is 34.8. The average molecular weight is 334 g/mol. The first-order valence-electron chi connectivity index (χ1n) is 8.16. The second-order valence-electron chi connectivity index (χ2n) is 6.16. The number of nitrogens with one attached hydrogen (secondary N) is 2. The largest absolute Gasteiger partial charge is 0.456 e. The number of carbonyl (C=O) groups excluding carboxylic acids is 3. The van der Waals surface area contributed by atoms with Gasteiger partial charge >= 0.3 is 12.0 Å². The van der Waals surface area contributed by atoms with Gasteiger partial charge in [0.05, 0.1) is 6.42 Å². The second kappa shape index (κ2) is 10.4. The Morgan fingerprint density at radius 3 is 2.38 bits per heavy atom. The number of benzene rings is 1. The molecule has 2 N–H and O–H groups in total. The van der Waals surface area contributed by atoms with Crippen molar-refractivity contribution in [3.63, 3.8) is 0 Å². The highest BCUT2D eigenvalue weighted by molar-refractivity contribution is 5.95. The Kier molecular flexibility index (Phi) is 8.54. The van der Waals surface area contributed by atoms with Crippen LogP contribution < -0.4 is 10.6 Å². The number of urea groups is 1. The Morgan fingerprint density at radius 1 is 1.08 bits per heavy atom. The van der Waals surface area contributed by atoms with Gasteiger partial charge in [-0.2, -0.15) is 0 Å². The lowest BCUT2D eigenvalue weighted by atomic mass is 9.98. The van der Waals surface area contributed by atoms with E-state index in [0.717, 1.165) is 12.0 Å². The number of ether oxygens (including phenoxy) is 1. The summed E-state index contributed by atoms with van der Waals surface area (Å²) >= 11 is 0. The van der Waals surface area contributed by atoms with Gasteiger partial charge in [-0.05, 0) is 23.8 Å². The second-order valence-corrected chi connectivity index (χ2v) is 6.16. The highest BCUT2D eigenvalue weighted by Gasteiger charge is 2.14. The van der Waals surface area contributed by atoms with Crippen LogP contribution >= 0.6 is 0 Å². The van der Waals surface area contributed by atoms with Gasteiger partial charge in [0.25, 0.3) is 5.91 Å². The molecular formula is C18H26N2O4. The molecule has 6 heteroatoms. The van der Waals surface area contributed by atoms with E-state index in [-0.39, 0.29) is 12.3 Å². The molecule has 0 saturated heterocycles. The predicted molar refractivity (Wildman–Crippen MR) is 91.4 cm³/mol. The third-order valence-electron chi connectivity index (χ3n) is 3.47. The van der Waals surface area contributed by atoms with E-state index >= 15 is 0 Å². The van der Waals surface area contributed by atoms with Crippen molar-refractivity contribution >= 4 is 17.9 Å². The Balaban J connectivity index is 2.23. The molecule has 0 fully saturated rings. The molecular weight excluding hydrogens is 308 g/mol. The SMILES string of the molecule is CC(C)CCNC(=O)NC(=O)COC(=O)C[C@@H](C)c1ccccc1. The van der Waals surface area contributed by atoms with E-state index in [9.17, 15) is 14.4 Å². The van der Waals surface area contributed by atoms with Gasteiger partial charge in [0.1, 0.15) is 0 Å². The van der Waals surface area contributed by atoms with E-state index in [4.69, 9.17) is 4.74 Å². The van der Waals surface area contributed by atoms with E-state index in [1.54, 1.807) is 0 Å². The molecule has 0 aliphatic rings. The molecule has 6 nitrogen and oxygen atoms in total. The van der Waals surface area contributed by atoms with Crippen molar-refractivity contribution in [2.75, 3.05) is 13.2 Å². The van der Waals surface area contributed by atoms with Crippen LogP contribution in [0.5, 0.6) is 0 Å². The minimum atomic E-state index is -0.641. The van der Waals surface area contributed by atoms with Crippen LogP contribution in [0.4, 0.5) is 4.79 Å². The van der Waals surface area contributed by atoms with E-state index in [0.29, 0.717) is 12.5 Å². The summed E-state index contributed by atoms with van der Waals surface area (Å²) in [7, 11) is 0. The summed E-state index contributed by atoms with van der Waals surface area (Å²) in [6.45, 7) is 6.03. The number of hydrogen-bond acceptors (Lipinski definition) is 4. The van der Waals surface area contributed by atoms with Crippen molar-refractivity contribution in [1.82, 2.24) is 10.6 Å². The van der Waals surface area contributed by atoms with Gasteiger partial charge in [0.2, 0.25) is 0 Å². The molecule has 1 rings (SSSR count). The van der Waals surface area contributed by atoms with E-state index in [1.807, 2.05) is 51.1 Å². The number of esters is 1. The fourth-order valence-electron chi connectivity index (χ4n) is 2.04. The zero-order chi connectivity index (χ0) is 17.9. The molecule has 1 aromatic carbocycles. The summed E-state index contributed by atoms with van der Waals surface area (Å²) in [5.41, 5.74) is 1.03. The van der Waals surface area contributed by atoms with Crippen molar-refractivity contribution in [2.24, 2.45) is 5.92 Å². The Morgan fingerprint density at radius 2 is 1.75 bits per heavy atom. The summed E-state index contributed by atoms with van der Waals surface area (Å²) in [5.74, 6) is -0.644. The summed E-state index contributed by atoms with van der Waals surface area (Å²) in [5, 5.41) is 4.70. The van der Waals surface area contributed by atoms with Crippen LogP contribution in [-0.2, 0) is 14.3 Å². The first-order chi connectivity index (χ1) is 11.4. The highest BCUT2D eigenvalue weighted by atomic mass is 16.5. The molecule has 0 aliphatic heterocycles. The van der Waals surface area contributed by atoms with Gasteiger partial charge in [0.15, 0.2) is 6.61 Å². The predicted octanol–water partition coefficient (Wildman–Crippen LogP) is 2.60. The Bertz CT molecular complexity index is 543. The Labute approximate surface area is 143 Å². The van der Waals surface area contributed by atoms with Gasteiger partial charge in [-0.15, -0.1) is 0 Å². The maximum absolute atomic E-state index is 11.8. The lowest BCUT2D eigenvalue weighted by molar-refractivity contribution is -0.148. The van der Waals surface area contributed by atoms with Crippen LogP contribution in [0.15, 0.2) is 30.3 Å². The van der Waals surface area contributed by atoms with Crippen LogP contribution in [-0.4, -0.2) is 31.1 Å². The van der Waals surface area contributed by atoms with E-state index < -0.39 is 24.5 Å². The van der Waals surface area contributed by atoms with Crippen molar-refractivity contribution in [2.45, 2.75) is 39.5 Å². The van der Waals surface area contributed by atoms with Crippen LogP contribution in [0.1, 0.15) is 45.1 Å². The molecule has 0 heterocycles. The lowest BCUT2D eigenvalue weighted by Gasteiger charge is -2.11. The first kappa shape index (κ1) is 19.7. The number of amides is 3. The fraction of sp³-hybridized carbons (Fsp3) is 0.500. The maximum atomic E-state index is 11.8. The standard InChI is InChI=1S/C18H26N2O4/c1-13(2)9-10-19-18(23)20-16(21)12-24-17(22)11-14(3)15-7-5-4-6-8-15/h4-8,13-14H,9-12H2,1-3H3,(H2,19,20,21,23)/t14-/m1/s1. The number of rotatable bonds is 8. The van der Waals surface area contributed by atoms with Gasteiger partial charge in [-0.3, -0.25) is 14.9 Å². The van der Waals surface area contributed by atoms with Crippen LogP contribution in [0.2, 0.25) is 0 Å².